The summed E-state index contributed by atoms with van der Waals surface area (Å²) in [5.74, 6) is 0.223. The zero-order chi connectivity index (χ0) is 19.0. The number of benzene rings is 1. The molecular weight excluding hydrogens is 384 g/mol. The predicted molar refractivity (Wildman–Crippen MR) is 105 cm³/mol. The van der Waals surface area contributed by atoms with Gasteiger partial charge in [0.25, 0.3) is 0 Å². The van der Waals surface area contributed by atoms with Gasteiger partial charge < -0.3 is 4.57 Å². The van der Waals surface area contributed by atoms with Crippen molar-refractivity contribution in [2.75, 3.05) is 13.1 Å². The van der Waals surface area contributed by atoms with E-state index >= 15 is 0 Å². The van der Waals surface area contributed by atoms with Crippen molar-refractivity contribution in [2.24, 2.45) is 5.92 Å². The summed E-state index contributed by atoms with van der Waals surface area (Å²) in [6, 6.07) is 8.72. The minimum atomic E-state index is -3.53. The number of rotatable bonds is 4. The standard InChI is InChI=1S/C19H21ClN4O2S/c1-14-10-16(20)6-7-18(14)27(25,26)24-9-3-4-15(12-24)11-23-13-22-17-5-2-8-21-19(17)23/h2,5-8,10,13,15H,3-4,9,11-12H2,1H3. The summed E-state index contributed by atoms with van der Waals surface area (Å²) in [5, 5.41) is 0.544. The summed E-state index contributed by atoms with van der Waals surface area (Å²) in [6.45, 7) is 3.53. The largest absolute Gasteiger partial charge is 0.315 e. The number of hydrogen-bond donors (Lipinski definition) is 0. The van der Waals surface area contributed by atoms with Crippen molar-refractivity contribution in [2.45, 2.75) is 31.2 Å². The molecule has 1 aliphatic rings. The van der Waals surface area contributed by atoms with E-state index in [1.165, 1.54) is 0 Å². The summed E-state index contributed by atoms with van der Waals surface area (Å²) in [6.07, 6.45) is 5.37. The molecule has 1 unspecified atom stereocenters. The van der Waals surface area contributed by atoms with Crippen LogP contribution in [0.3, 0.4) is 0 Å². The van der Waals surface area contributed by atoms with Crippen molar-refractivity contribution in [3.05, 3.63) is 53.4 Å². The number of hydrogen-bond acceptors (Lipinski definition) is 4. The van der Waals surface area contributed by atoms with Crippen molar-refractivity contribution in [3.8, 4) is 0 Å². The Kier molecular flexibility index (Phi) is 4.92. The lowest BCUT2D eigenvalue weighted by Crippen LogP contribution is -2.41. The van der Waals surface area contributed by atoms with Crippen LogP contribution in [0.2, 0.25) is 5.02 Å². The van der Waals surface area contributed by atoms with Gasteiger partial charge in [0.05, 0.1) is 11.2 Å². The second-order valence-electron chi connectivity index (χ2n) is 7.02. The molecule has 2 aromatic heterocycles. The molecule has 6 nitrogen and oxygen atoms in total. The van der Waals surface area contributed by atoms with Crippen LogP contribution in [0.1, 0.15) is 18.4 Å². The first-order valence-electron chi connectivity index (χ1n) is 8.97. The molecule has 0 amide bonds. The van der Waals surface area contributed by atoms with Gasteiger partial charge in [0.2, 0.25) is 10.0 Å². The number of halogens is 1. The fraction of sp³-hybridized carbons (Fsp3) is 0.368. The highest BCUT2D eigenvalue weighted by molar-refractivity contribution is 7.89. The molecule has 142 valence electrons. The van der Waals surface area contributed by atoms with Crippen LogP contribution in [0, 0.1) is 12.8 Å². The van der Waals surface area contributed by atoms with Crippen LogP contribution in [0.4, 0.5) is 0 Å². The first-order valence-corrected chi connectivity index (χ1v) is 10.8. The molecule has 1 aliphatic heterocycles. The van der Waals surface area contributed by atoms with Crippen LogP contribution in [0.25, 0.3) is 11.2 Å². The molecule has 4 rings (SSSR count). The zero-order valence-electron chi connectivity index (χ0n) is 15.0. The first-order chi connectivity index (χ1) is 12.9. The lowest BCUT2D eigenvalue weighted by atomic mass is 10.00. The Balaban J connectivity index is 1.55. The molecule has 0 N–H and O–H groups in total. The van der Waals surface area contributed by atoms with E-state index in [0.717, 1.165) is 24.0 Å². The molecule has 0 saturated carbocycles. The first kappa shape index (κ1) is 18.4. The van der Waals surface area contributed by atoms with Crippen LogP contribution >= 0.6 is 11.6 Å². The van der Waals surface area contributed by atoms with Gasteiger partial charge in [-0.05, 0) is 61.6 Å². The molecule has 1 aromatic carbocycles. The SMILES string of the molecule is Cc1cc(Cl)ccc1S(=O)(=O)N1CCCC(Cn2cnc3cccnc32)C1. The quantitative estimate of drug-likeness (QED) is 0.667. The highest BCUT2D eigenvalue weighted by Gasteiger charge is 2.31. The zero-order valence-corrected chi connectivity index (χ0v) is 16.6. The van der Waals surface area contributed by atoms with E-state index in [0.29, 0.717) is 35.1 Å². The summed E-state index contributed by atoms with van der Waals surface area (Å²) in [5.41, 5.74) is 2.37. The van der Waals surface area contributed by atoms with E-state index in [-0.39, 0.29) is 5.92 Å². The molecule has 0 aliphatic carbocycles. The average molecular weight is 405 g/mol. The van der Waals surface area contributed by atoms with Gasteiger partial charge in [-0.3, -0.25) is 0 Å². The van der Waals surface area contributed by atoms with Crippen LogP contribution in [0.5, 0.6) is 0 Å². The Morgan fingerprint density at radius 3 is 2.93 bits per heavy atom. The van der Waals surface area contributed by atoms with Crippen LogP contribution in [-0.4, -0.2) is 40.3 Å². The monoisotopic (exact) mass is 404 g/mol. The maximum atomic E-state index is 13.1. The summed E-state index contributed by atoms with van der Waals surface area (Å²) in [4.78, 5) is 9.11. The fourth-order valence-corrected chi connectivity index (χ4v) is 5.73. The van der Waals surface area contributed by atoms with Crippen LogP contribution in [-0.2, 0) is 16.6 Å². The average Bonchev–Trinajstić information content (AvgIpc) is 3.05. The highest BCUT2D eigenvalue weighted by Crippen LogP contribution is 2.28. The molecule has 0 radical (unpaired) electrons. The number of fused-ring (bicyclic) bond motifs is 1. The van der Waals surface area contributed by atoms with Gasteiger partial charge in [0, 0.05) is 30.9 Å². The molecule has 1 saturated heterocycles. The number of piperidine rings is 1. The summed E-state index contributed by atoms with van der Waals surface area (Å²) in [7, 11) is -3.53. The minimum Gasteiger partial charge on any atom is -0.315 e. The molecule has 3 heterocycles. The Hall–Kier alpha value is -1.96. The van der Waals surface area contributed by atoms with Gasteiger partial charge in [0.15, 0.2) is 5.65 Å². The molecule has 3 aromatic rings. The third-order valence-corrected chi connectivity index (χ3v) is 7.33. The third-order valence-electron chi connectivity index (χ3n) is 5.07. The van der Waals surface area contributed by atoms with E-state index in [4.69, 9.17) is 11.6 Å². The molecular formula is C19H21ClN4O2S. The summed E-state index contributed by atoms with van der Waals surface area (Å²) < 4.78 is 29.9. The van der Waals surface area contributed by atoms with E-state index in [2.05, 4.69) is 9.97 Å². The molecule has 8 heteroatoms. The van der Waals surface area contributed by atoms with E-state index in [1.807, 2.05) is 16.7 Å². The molecule has 1 atom stereocenters. The Morgan fingerprint density at radius 1 is 1.26 bits per heavy atom. The smallest absolute Gasteiger partial charge is 0.243 e. The van der Waals surface area contributed by atoms with E-state index in [9.17, 15) is 8.42 Å². The second-order valence-corrected chi connectivity index (χ2v) is 9.37. The normalized spacial score (nSPS) is 18.8. The number of sulfonamides is 1. The molecule has 27 heavy (non-hydrogen) atoms. The fourth-order valence-electron chi connectivity index (χ4n) is 3.74. The van der Waals surface area contributed by atoms with Crippen molar-refractivity contribution >= 4 is 32.8 Å². The Labute approximate surface area is 163 Å². The van der Waals surface area contributed by atoms with Crippen molar-refractivity contribution < 1.29 is 8.42 Å². The topological polar surface area (TPSA) is 68.1 Å². The maximum Gasteiger partial charge on any atom is 0.243 e. The van der Waals surface area contributed by atoms with Gasteiger partial charge in [0.1, 0.15) is 5.52 Å². The molecule has 0 bridgehead atoms. The van der Waals surface area contributed by atoms with Gasteiger partial charge in [-0.25, -0.2) is 18.4 Å². The highest BCUT2D eigenvalue weighted by atomic mass is 35.5. The van der Waals surface area contributed by atoms with Crippen molar-refractivity contribution in [1.29, 1.82) is 0 Å². The van der Waals surface area contributed by atoms with E-state index in [1.54, 1.807) is 42.0 Å². The minimum absolute atomic E-state index is 0.223. The molecule has 0 spiro atoms. The Bertz CT molecular complexity index is 1080. The van der Waals surface area contributed by atoms with Crippen LogP contribution in [0.15, 0.2) is 47.8 Å². The van der Waals surface area contributed by atoms with Gasteiger partial charge in [-0.15, -0.1) is 0 Å². The van der Waals surface area contributed by atoms with Crippen LogP contribution < -0.4 is 0 Å². The lowest BCUT2D eigenvalue weighted by Gasteiger charge is -2.32. The lowest BCUT2D eigenvalue weighted by molar-refractivity contribution is 0.246. The maximum absolute atomic E-state index is 13.1. The molecule has 1 fully saturated rings. The number of nitrogens with zero attached hydrogens (tertiary/aromatic N) is 4. The van der Waals surface area contributed by atoms with Crippen molar-refractivity contribution in [3.63, 3.8) is 0 Å². The number of aryl methyl sites for hydroxylation is 1. The summed E-state index contributed by atoms with van der Waals surface area (Å²) >= 11 is 5.98. The third kappa shape index (κ3) is 3.59. The van der Waals surface area contributed by atoms with Gasteiger partial charge >= 0.3 is 0 Å². The Morgan fingerprint density at radius 2 is 2.11 bits per heavy atom. The van der Waals surface area contributed by atoms with Gasteiger partial charge in [-0.2, -0.15) is 4.31 Å². The second kappa shape index (κ2) is 7.22. The number of imidazole rings is 1. The predicted octanol–water partition coefficient (Wildman–Crippen LogP) is 3.49. The van der Waals surface area contributed by atoms with Crippen molar-refractivity contribution in [1.82, 2.24) is 18.8 Å². The number of pyridine rings is 1. The number of aromatic nitrogens is 3. The van der Waals surface area contributed by atoms with E-state index < -0.39 is 10.0 Å². The van der Waals surface area contributed by atoms with Gasteiger partial charge in [-0.1, -0.05) is 11.6 Å².